The van der Waals surface area contributed by atoms with Gasteiger partial charge in [0.1, 0.15) is 6.61 Å². The minimum Gasteiger partial charge on any atom is -0.493 e. The maximum atomic E-state index is 12.9. The number of imide groups is 1. The predicted octanol–water partition coefficient (Wildman–Crippen LogP) is 7.20. The highest BCUT2D eigenvalue weighted by atomic mass is 127. The first-order chi connectivity index (χ1) is 17.0. The fourth-order valence-electron chi connectivity index (χ4n) is 3.66. The van der Waals surface area contributed by atoms with Gasteiger partial charge in [0.15, 0.2) is 11.5 Å². The van der Waals surface area contributed by atoms with Crippen molar-refractivity contribution in [3.63, 3.8) is 0 Å². The first-order valence-electron chi connectivity index (χ1n) is 11.0. The lowest BCUT2D eigenvalue weighted by molar-refractivity contribution is -0.122. The zero-order valence-electron chi connectivity index (χ0n) is 19.0. The van der Waals surface area contributed by atoms with Crippen LogP contribution in [0.5, 0.6) is 11.5 Å². The number of amides is 2. The molecule has 0 saturated carbocycles. The summed E-state index contributed by atoms with van der Waals surface area (Å²) >= 11 is 9.38. The molecule has 0 atom stereocenters. The smallest absolute Gasteiger partial charge is 0.293 e. The summed E-state index contributed by atoms with van der Waals surface area (Å²) in [7, 11) is 1.57. The number of rotatable bonds is 9. The maximum Gasteiger partial charge on any atom is 0.293 e. The molecule has 0 unspecified atom stereocenters. The quantitative estimate of drug-likeness (QED) is 0.187. The lowest BCUT2D eigenvalue weighted by Crippen LogP contribution is -2.29. The molecule has 3 aromatic rings. The summed E-state index contributed by atoms with van der Waals surface area (Å²) in [5.41, 5.74) is 2.82. The first kappa shape index (κ1) is 25.6. The molecule has 3 aromatic carbocycles. The van der Waals surface area contributed by atoms with E-state index in [9.17, 15) is 9.59 Å². The van der Waals surface area contributed by atoms with Crippen molar-refractivity contribution in [2.45, 2.75) is 19.4 Å². The number of aryl methyl sites for hydroxylation is 1. The molecule has 4 rings (SSSR count). The van der Waals surface area contributed by atoms with E-state index in [0.29, 0.717) is 34.6 Å². The van der Waals surface area contributed by atoms with E-state index in [1.807, 2.05) is 60.7 Å². The fraction of sp³-hybridized carbons (Fsp3) is 0.185. The van der Waals surface area contributed by atoms with E-state index in [0.717, 1.165) is 39.3 Å². The largest absolute Gasteiger partial charge is 0.493 e. The Morgan fingerprint density at radius 3 is 2.54 bits per heavy atom. The summed E-state index contributed by atoms with van der Waals surface area (Å²) in [4.78, 5) is 27.1. The SMILES string of the molecule is COc1cc(/C=C2/SC(=O)N(CCCc3ccccc3)C2=O)cc(I)c1OCc1ccccc1Cl. The van der Waals surface area contributed by atoms with Crippen LogP contribution >= 0.6 is 46.0 Å². The van der Waals surface area contributed by atoms with Crippen molar-refractivity contribution in [3.05, 3.63) is 96.9 Å². The van der Waals surface area contributed by atoms with Gasteiger partial charge in [0.25, 0.3) is 11.1 Å². The topological polar surface area (TPSA) is 55.8 Å². The number of benzene rings is 3. The molecule has 1 heterocycles. The van der Waals surface area contributed by atoms with E-state index < -0.39 is 0 Å². The lowest BCUT2D eigenvalue weighted by atomic mass is 10.1. The van der Waals surface area contributed by atoms with E-state index in [-0.39, 0.29) is 11.1 Å². The molecule has 8 heteroatoms. The second-order valence-electron chi connectivity index (χ2n) is 7.84. The predicted molar refractivity (Wildman–Crippen MR) is 149 cm³/mol. The van der Waals surface area contributed by atoms with Crippen molar-refractivity contribution in [1.29, 1.82) is 0 Å². The molecule has 1 fully saturated rings. The highest BCUT2D eigenvalue weighted by molar-refractivity contribution is 14.1. The van der Waals surface area contributed by atoms with Crippen molar-refractivity contribution < 1.29 is 19.1 Å². The number of hydrogen-bond donors (Lipinski definition) is 0. The summed E-state index contributed by atoms with van der Waals surface area (Å²) in [5, 5.41) is 0.397. The average Bonchev–Trinajstić information content (AvgIpc) is 3.12. The summed E-state index contributed by atoms with van der Waals surface area (Å²) in [6, 6.07) is 21.2. The number of hydrogen-bond acceptors (Lipinski definition) is 5. The number of nitrogens with zero attached hydrogens (tertiary/aromatic N) is 1. The molecular weight excluding hydrogens is 597 g/mol. The Balaban J connectivity index is 1.45. The van der Waals surface area contributed by atoms with Gasteiger partial charge in [-0.05, 0) is 82.6 Å². The van der Waals surface area contributed by atoms with Gasteiger partial charge in [0.05, 0.1) is 15.6 Å². The zero-order chi connectivity index (χ0) is 24.8. The minimum atomic E-state index is -0.263. The molecule has 1 aliphatic rings. The van der Waals surface area contributed by atoms with Gasteiger partial charge >= 0.3 is 0 Å². The van der Waals surface area contributed by atoms with E-state index in [1.54, 1.807) is 19.3 Å². The zero-order valence-corrected chi connectivity index (χ0v) is 22.7. The molecular formula is C27H23ClINO4S. The molecule has 0 bridgehead atoms. The maximum absolute atomic E-state index is 12.9. The van der Waals surface area contributed by atoms with E-state index in [2.05, 4.69) is 22.6 Å². The van der Waals surface area contributed by atoms with Crippen LogP contribution in [0.1, 0.15) is 23.1 Å². The summed E-state index contributed by atoms with van der Waals surface area (Å²) in [5.74, 6) is 0.873. The van der Waals surface area contributed by atoms with Gasteiger partial charge in [-0.25, -0.2) is 0 Å². The molecule has 1 saturated heterocycles. The summed E-state index contributed by atoms with van der Waals surface area (Å²) in [6.07, 6.45) is 3.26. The van der Waals surface area contributed by atoms with E-state index >= 15 is 0 Å². The van der Waals surface area contributed by atoms with Gasteiger partial charge in [-0.3, -0.25) is 14.5 Å². The Morgan fingerprint density at radius 1 is 1.06 bits per heavy atom. The number of carbonyl (C=O) groups is 2. The molecule has 5 nitrogen and oxygen atoms in total. The monoisotopic (exact) mass is 619 g/mol. The van der Waals surface area contributed by atoms with Crippen molar-refractivity contribution in [2.24, 2.45) is 0 Å². The van der Waals surface area contributed by atoms with Crippen LogP contribution in [-0.4, -0.2) is 29.7 Å². The van der Waals surface area contributed by atoms with Crippen LogP contribution < -0.4 is 9.47 Å². The first-order valence-corrected chi connectivity index (χ1v) is 13.3. The van der Waals surface area contributed by atoms with Gasteiger partial charge in [-0.15, -0.1) is 0 Å². The van der Waals surface area contributed by atoms with Gasteiger partial charge in [-0.1, -0.05) is 60.1 Å². The molecule has 0 radical (unpaired) electrons. The normalized spacial score (nSPS) is 14.6. The Bertz CT molecular complexity index is 1270. The Hall–Kier alpha value is -2.49. The van der Waals surface area contributed by atoms with Crippen LogP contribution in [0.4, 0.5) is 4.79 Å². The number of methoxy groups -OCH3 is 1. The van der Waals surface area contributed by atoms with E-state index in [1.165, 1.54) is 10.5 Å². The minimum absolute atomic E-state index is 0.240. The highest BCUT2D eigenvalue weighted by Crippen LogP contribution is 2.38. The molecule has 35 heavy (non-hydrogen) atoms. The third-order valence-electron chi connectivity index (χ3n) is 5.44. The standard InChI is InChI=1S/C27H23ClINO4S/c1-33-23-15-19(14-22(29)25(23)34-17-20-11-5-6-12-21(20)28)16-24-26(31)30(27(32)35-24)13-7-10-18-8-3-2-4-9-18/h2-6,8-9,11-12,14-16H,7,10,13,17H2,1H3/b24-16+. The third-order valence-corrected chi connectivity index (χ3v) is 7.52. The van der Waals surface area contributed by atoms with Gasteiger partial charge < -0.3 is 9.47 Å². The molecule has 180 valence electrons. The fourth-order valence-corrected chi connectivity index (χ4v) is 5.50. The van der Waals surface area contributed by atoms with Crippen molar-refractivity contribution in [2.75, 3.05) is 13.7 Å². The van der Waals surface area contributed by atoms with E-state index in [4.69, 9.17) is 21.1 Å². The van der Waals surface area contributed by atoms with Crippen LogP contribution in [0.15, 0.2) is 71.6 Å². The second kappa shape index (κ2) is 12.0. The van der Waals surface area contributed by atoms with Crippen LogP contribution in [-0.2, 0) is 17.8 Å². The second-order valence-corrected chi connectivity index (χ2v) is 10.4. The van der Waals surface area contributed by atoms with Crippen LogP contribution in [0.2, 0.25) is 5.02 Å². The van der Waals surface area contributed by atoms with Gasteiger partial charge in [0, 0.05) is 17.1 Å². The summed E-state index contributed by atoms with van der Waals surface area (Å²) < 4.78 is 12.4. The molecule has 0 N–H and O–H groups in total. The Labute approximate surface area is 227 Å². The molecule has 1 aliphatic heterocycles. The third kappa shape index (κ3) is 6.39. The number of thioether (sulfide) groups is 1. The average molecular weight is 620 g/mol. The van der Waals surface area contributed by atoms with Crippen LogP contribution in [0, 0.1) is 3.57 Å². The number of halogens is 2. The van der Waals surface area contributed by atoms with Crippen LogP contribution in [0.3, 0.4) is 0 Å². The Kier molecular flexibility index (Phi) is 8.75. The van der Waals surface area contributed by atoms with Gasteiger partial charge in [-0.2, -0.15) is 0 Å². The van der Waals surface area contributed by atoms with Crippen molar-refractivity contribution in [1.82, 2.24) is 4.90 Å². The Morgan fingerprint density at radius 2 is 1.80 bits per heavy atom. The molecule has 0 spiro atoms. The van der Waals surface area contributed by atoms with Crippen molar-refractivity contribution in [3.8, 4) is 11.5 Å². The highest BCUT2D eigenvalue weighted by Gasteiger charge is 2.34. The molecule has 0 aromatic heterocycles. The summed E-state index contributed by atoms with van der Waals surface area (Å²) in [6.45, 7) is 0.694. The van der Waals surface area contributed by atoms with Crippen LogP contribution in [0.25, 0.3) is 6.08 Å². The number of carbonyl (C=O) groups excluding carboxylic acids is 2. The molecule has 2 amide bonds. The lowest BCUT2D eigenvalue weighted by Gasteiger charge is -2.14. The van der Waals surface area contributed by atoms with Gasteiger partial charge in [0.2, 0.25) is 0 Å². The molecule has 0 aliphatic carbocycles. The van der Waals surface area contributed by atoms with Crippen molar-refractivity contribution >= 4 is 63.2 Å². The number of ether oxygens (including phenoxy) is 2.